The van der Waals surface area contributed by atoms with Gasteiger partial charge in [-0.25, -0.2) is 4.90 Å². The highest BCUT2D eigenvalue weighted by Crippen LogP contribution is 2.52. The monoisotopic (exact) mass is 482 g/mol. The van der Waals surface area contributed by atoms with E-state index in [0.29, 0.717) is 11.1 Å². The van der Waals surface area contributed by atoms with E-state index in [1.807, 2.05) is 12.1 Å². The zero-order chi connectivity index (χ0) is 26.4. The van der Waals surface area contributed by atoms with Gasteiger partial charge in [0.2, 0.25) is 17.7 Å². The maximum atomic E-state index is 14.1. The van der Waals surface area contributed by atoms with Crippen molar-refractivity contribution in [3.8, 4) is 0 Å². The molecule has 0 aromatic heterocycles. The fourth-order valence-corrected chi connectivity index (χ4v) is 4.64. The Balaban J connectivity index is 2.02. The van der Waals surface area contributed by atoms with Gasteiger partial charge in [0.25, 0.3) is 5.91 Å². The number of likely N-dealkylation sites (tertiary alicyclic amines) is 1. The largest absolute Gasteiger partial charge is 0.273 e. The second kappa shape index (κ2) is 8.86. The number of hydrogen-bond acceptors (Lipinski definition) is 4. The molecule has 6 nitrogen and oxygen atoms in total. The van der Waals surface area contributed by atoms with Crippen LogP contribution in [0.5, 0.6) is 0 Å². The van der Waals surface area contributed by atoms with Crippen LogP contribution in [0.15, 0.2) is 91.5 Å². The summed E-state index contributed by atoms with van der Waals surface area (Å²) in [7, 11) is 0. The summed E-state index contributed by atoms with van der Waals surface area (Å²) in [4.78, 5) is 57.9. The normalized spacial score (nSPS) is 20.0. The van der Waals surface area contributed by atoms with E-state index in [2.05, 4.69) is 13.2 Å². The van der Waals surface area contributed by atoms with Crippen LogP contribution in [0.2, 0.25) is 0 Å². The smallest absolute Gasteiger partial charge is 0.260 e. The molecule has 2 aliphatic rings. The standard InChI is InChI=1S/C30H30N2O4/c1-7-29(3,4)27(35)31-23(19-15-11-9-12-16-19)21-22(25(31)33)24(20-17-13-10-14-18-20)32(26(21)34)28(36)30(5,6)8-2/h7-18,21,23H,1-2H2,3-6H3. The van der Waals surface area contributed by atoms with Gasteiger partial charge in [-0.15, -0.1) is 13.2 Å². The molecule has 2 aliphatic heterocycles. The highest BCUT2D eigenvalue weighted by Gasteiger charge is 2.60. The van der Waals surface area contributed by atoms with Gasteiger partial charge in [-0.2, -0.15) is 0 Å². The number of imide groups is 2. The topological polar surface area (TPSA) is 74.8 Å². The molecule has 6 heteroatoms. The van der Waals surface area contributed by atoms with Crippen LogP contribution in [-0.2, 0) is 19.2 Å². The molecule has 2 atom stereocenters. The van der Waals surface area contributed by atoms with Crippen molar-refractivity contribution in [1.82, 2.24) is 9.80 Å². The van der Waals surface area contributed by atoms with E-state index in [1.54, 1.807) is 76.2 Å². The number of carbonyl (C=O) groups excluding carboxylic acids is 4. The Hall–Kier alpha value is -4.06. The Morgan fingerprint density at radius 3 is 1.83 bits per heavy atom. The molecule has 184 valence electrons. The van der Waals surface area contributed by atoms with E-state index >= 15 is 0 Å². The van der Waals surface area contributed by atoms with Crippen LogP contribution in [0.3, 0.4) is 0 Å². The molecule has 2 aromatic carbocycles. The highest BCUT2D eigenvalue weighted by molar-refractivity contribution is 6.24. The highest BCUT2D eigenvalue weighted by atomic mass is 16.2. The summed E-state index contributed by atoms with van der Waals surface area (Å²) in [5, 5.41) is 0. The molecular formula is C30H30N2O4. The lowest BCUT2D eigenvalue weighted by atomic mass is 9.88. The van der Waals surface area contributed by atoms with E-state index in [-0.39, 0.29) is 11.3 Å². The molecule has 36 heavy (non-hydrogen) atoms. The Kier molecular flexibility index (Phi) is 6.17. The van der Waals surface area contributed by atoms with Crippen molar-refractivity contribution in [2.45, 2.75) is 33.7 Å². The molecule has 0 bridgehead atoms. The van der Waals surface area contributed by atoms with Crippen LogP contribution in [0, 0.1) is 16.7 Å². The molecular weight excluding hydrogens is 452 g/mol. The average Bonchev–Trinajstić information content (AvgIpc) is 3.35. The fraction of sp³-hybridized carbons (Fsp3) is 0.267. The Labute approximate surface area is 211 Å². The minimum absolute atomic E-state index is 0.154. The van der Waals surface area contributed by atoms with E-state index in [4.69, 9.17) is 0 Å². The molecule has 0 N–H and O–H groups in total. The summed E-state index contributed by atoms with van der Waals surface area (Å²) in [6.45, 7) is 14.3. The summed E-state index contributed by atoms with van der Waals surface area (Å²) in [5.41, 5.74) is -0.533. The molecule has 1 fully saturated rings. The average molecular weight is 483 g/mol. The molecule has 2 heterocycles. The first kappa shape index (κ1) is 25.0. The predicted molar refractivity (Wildman–Crippen MR) is 138 cm³/mol. The van der Waals surface area contributed by atoms with Gasteiger partial charge >= 0.3 is 0 Å². The Morgan fingerprint density at radius 1 is 0.806 bits per heavy atom. The van der Waals surface area contributed by atoms with E-state index in [1.165, 1.54) is 17.1 Å². The minimum Gasteiger partial charge on any atom is -0.273 e. The number of hydrogen-bond donors (Lipinski definition) is 0. The number of amides is 4. The number of benzene rings is 2. The first-order valence-corrected chi connectivity index (χ1v) is 11.9. The lowest BCUT2D eigenvalue weighted by Crippen LogP contribution is -2.46. The summed E-state index contributed by atoms with van der Waals surface area (Å²) in [6, 6.07) is 17.0. The summed E-state index contributed by atoms with van der Waals surface area (Å²) in [6.07, 6.45) is 2.98. The van der Waals surface area contributed by atoms with Crippen molar-refractivity contribution >= 4 is 29.3 Å². The van der Waals surface area contributed by atoms with Crippen LogP contribution in [0.25, 0.3) is 5.70 Å². The van der Waals surface area contributed by atoms with Gasteiger partial charge in [0.05, 0.1) is 34.1 Å². The predicted octanol–water partition coefficient (Wildman–Crippen LogP) is 4.92. The van der Waals surface area contributed by atoms with Crippen molar-refractivity contribution in [2.24, 2.45) is 16.7 Å². The van der Waals surface area contributed by atoms with Gasteiger partial charge < -0.3 is 0 Å². The number of rotatable bonds is 6. The van der Waals surface area contributed by atoms with Gasteiger partial charge in [0.15, 0.2) is 0 Å². The summed E-state index contributed by atoms with van der Waals surface area (Å²) in [5.74, 6) is -3.07. The maximum absolute atomic E-state index is 14.1. The molecule has 1 saturated heterocycles. The maximum Gasteiger partial charge on any atom is 0.260 e. The zero-order valence-electron chi connectivity index (χ0n) is 21.0. The fourth-order valence-electron chi connectivity index (χ4n) is 4.64. The van der Waals surface area contributed by atoms with Crippen LogP contribution >= 0.6 is 0 Å². The molecule has 4 rings (SSSR count). The molecule has 0 spiro atoms. The zero-order valence-corrected chi connectivity index (χ0v) is 21.0. The van der Waals surface area contributed by atoms with Crippen LogP contribution in [0.4, 0.5) is 0 Å². The molecule has 0 aliphatic carbocycles. The van der Waals surface area contributed by atoms with Gasteiger partial charge in [-0.3, -0.25) is 24.1 Å². The third-order valence-corrected chi connectivity index (χ3v) is 7.05. The SMILES string of the molecule is C=CC(C)(C)C(=O)N1C(=O)C2C(=C1c1ccccc1)C(=O)N(C(=O)C(C)(C)C=C)C2c1ccccc1. The first-order chi connectivity index (χ1) is 17.0. The summed E-state index contributed by atoms with van der Waals surface area (Å²) >= 11 is 0. The van der Waals surface area contributed by atoms with Gasteiger partial charge in [-0.05, 0) is 38.8 Å². The third kappa shape index (κ3) is 3.73. The van der Waals surface area contributed by atoms with Crippen molar-refractivity contribution in [3.63, 3.8) is 0 Å². The van der Waals surface area contributed by atoms with Crippen molar-refractivity contribution in [3.05, 3.63) is 103 Å². The van der Waals surface area contributed by atoms with Gasteiger partial charge in [0, 0.05) is 0 Å². The minimum atomic E-state index is -1.06. The Morgan fingerprint density at radius 2 is 1.31 bits per heavy atom. The molecule has 2 unspecified atom stereocenters. The first-order valence-electron chi connectivity index (χ1n) is 11.9. The second-order valence-electron chi connectivity index (χ2n) is 10.3. The lowest BCUT2D eigenvalue weighted by Gasteiger charge is -2.33. The van der Waals surface area contributed by atoms with Gasteiger partial charge in [0.1, 0.15) is 0 Å². The van der Waals surface area contributed by atoms with Crippen LogP contribution in [0.1, 0.15) is 44.9 Å². The van der Waals surface area contributed by atoms with Crippen molar-refractivity contribution in [2.75, 3.05) is 0 Å². The van der Waals surface area contributed by atoms with E-state index < -0.39 is 46.4 Å². The number of nitrogens with zero attached hydrogens (tertiary/aromatic N) is 2. The molecule has 0 saturated carbocycles. The van der Waals surface area contributed by atoms with Crippen molar-refractivity contribution < 1.29 is 19.2 Å². The van der Waals surface area contributed by atoms with Gasteiger partial charge in [-0.1, -0.05) is 72.8 Å². The second-order valence-corrected chi connectivity index (χ2v) is 10.3. The molecule has 4 amide bonds. The molecule has 0 radical (unpaired) electrons. The number of fused-ring (bicyclic) bond motifs is 1. The van der Waals surface area contributed by atoms with E-state index in [9.17, 15) is 19.2 Å². The number of carbonyl (C=O) groups is 4. The lowest BCUT2D eigenvalue weighted by molar-refractivity contribution is -0.149. The Bertz CT molecular complexity index is 1300. The third-order valence-electron chi connectivity index (χ3n) is 7.05. The summed E-state index contributed by atoms with van der Waals surface area (Å²) < 4.78 is 0. The quantitative estimate of drug-likeness (QED) is 0.548. The molecule has 2 aromatic rings. The van der Waals surface area contributed by atoms with Crippen LogP contribution in [-0.4, -0.2) is 33.4 Å². The van der Waals surface area contributed by atoms with Crippen molar-refractivity contribution in [1.29, 1.82) is 0 Å². The van der Waals surface area contributed by atoms with Crippen LogP contribution < -0.4 is 0 Å². The van der Waals surface area contributed by atoms with E-state index in [0.717, 1.165) is 4.90 Å².